The quantitative estimate of drug-likeness (QED) is 0.783. The van der Waals surface area contributed by atoms with Gasteiger partial charge in [0.1, 0.15) is 5.82 Å². The van der Waals surface area contributed by atoms with E-state index in [-0.39, 0.29) is 0 Å². The van der Waals surface area contributed by atoms with Crippen molar-refractivity contribution in [2.45, 2.75) is 12.5 Å². The number of pyridine rings is 1. The van der Waals surface area contributed by atoms with Crippen LogP contribution in [0.1, 0.15) is 18.0 Å². The highest BCUT2D eigenvalue weighted by Crippen LogP contribution is 2.33. The smallest absolute Gasteiger partial charge is 0.125 e. The maximum atomic E-state index is 4.79. The van der Waals surface area contributed by atoms with Crippen LogP contribution >= 0.6 is 11.3 Å². The molecule has 5 heteroatoms. The third kappa shape index (κ3) is 1.91. The fourth-order valence-electron chi connectivity index (χ4n) is 2.66. The summed E-state index contributed by atoms with van der Waals surface area (Å²) in [6.07, 6.45) is 4.68. The van der Waals surface area contributed by atoms with Crippen molar-refractivity contribution < 1.29 is 0 Å². The molecule has 0 saturated carbocycles. The Morgan fingerprint density at radius 2 is 2.15 bits per heavy atom. The van der Waals surface area contributed by atoms with Gasteiger partial charge in [-0.3, -0.25) is 4.98 Å². The zero-order valence-electron chi connectivity index (χ0n) is 10.9. The lowest BCUT2D eigenvalue weighted by Crippen LogP contribution is -2.23. The number of nitrogens with zero attached hydrogens (tertiary/aromatic N) is 3. The monoisotopic (exact) mass is 282 g/mol. The number of thiophene rings is 1. The highest BCUT2D eigenvalue weighted by molar-refractivity contribution is 7.07. The molecule has 0 aliphatic carbocycles. The van der Waals surface area contributed by atoms with Crippen molar-refractivity contribution in [3.63, 3.8) is 0 Å². The molecule has 1 unspecified atom stereocenters. The molecule has 100 valence electrons. The minimum atomic E-state index is 0.341. The van der Waals surface area contributed by atoms with Crippen LogP contribution in [0.25, 0.3) is 11.3 Å². The largest absolute Gasteiger partial charge is 0.370 e. The Morgan fingerprint density at radius 1 is 1.25 bits per heavy atom. The van der Waals surface area contributed by atoms with E-state index in [0.717, 1.165) is 30.0 Å². The first-order valence-corrected chi connectivity index (χ1v) is 7.62. The van der Waals surface area contributed by atoms with Gasteiger partial charge in [0.2, 0.25) is 0 Å². The molecular formula is C15H14N4S. The molecule has 0 spiro atoms. The van der Waals surface area contributed by atoms with Gasteiger partial charge < -0.3 is 5.32 Å². The first-order valence-electron chi connectivity index (χ1n) is 6.68. The third-order valence-corrected chi connectivity index (χ3v) is 4.36. The molecule has 3 aromatic heterocycles. The second-order valence-corrected chi connectivity index (χ2v) is 5.66. The van der Waals surface area contributed by atoms with Crippen molar-refractivity contribution >= 4 is 17.2 Å². The predicted molar refractivity (Wildman–Crippen MR) is 81.0 cm³/mol. The van der Waals surface area contributed by atoms with E-state index < -0.39 is 0 Å². The average Bonchev–Trinajstić information content (AvgIpc) is 3.17. The zero-order valence-corrected chi connectivity index (χ0v) is 11.7. The van der Waals surface area contributed by atoms with Crippen molar-refractivity contribution in [2.75, 3.05) is 11.9 Å². The van der Waals surface area contributed by atoms with Crippen LogP contribution in [0.2, 0.25) is 0 Å². The lowest BCUT2D eigenvalue weighted by Gasteiger charge is -2.25. The average molecular weight is 282 g/mol. The van der Waals surface area contributed by atoms with Gasteiger partial charge in [-0.2, -0.15) is 16.4 Å². The molecule has 1 N–H and O–H groups in total. The van der Waals surface area contributed by atoms with Gasteiger partial charge in [-0.1, -0.05) is 0 Å². The summed E-state index contributed by atoms with van der Waals surface area (Å²) in [6, 6.07) is 8.64. The molecule has 4 nitrogen and oxygen atoms in total. The highest BCUT2D eigenvalue weighted by atomic mass is 32.1. The maximum Gasteiger partial charge on any atom is 0.125 e. The first-order chi connectivity index (χ1) is 9.92. The van der Waals surface area contributed by atoms with Crippen molar-refractivity contribution in [1.29, 1.82) is 0 Å². The predicted octanol–water partition coefficient (Wildman–Crippen LogP) is 3.41. The SMILES string of the molecule is c1cc(-c2cc3n(n2)C(c2ccsc2)CCN3)ccn1. The lowest BCUT2D eigenvalue weighted by molar-refractivity contribution is 0.484. The van der Waals surface area contributed by atoms with Crippen LogP contribution in [0.15, 0.2) is 47.4 Å². The van der Waals surface area contributed by atoms with Gasteiger partial charge in [0.25, 0.3) is 0 Å². The summed E-state index contributed by atoms with van der Waals surface area (Å²) in [5.41, 5.74) is 3.45. The number of nitrogens with one attached hydrogen (secondary N) is 1. The fourth-order valence-corrected chi connectivity index (χ4v) is 3.37. The first kappa shape index (κ1) is 11.7. The van der Waals surface area contributed by atoms with Crippen LogP contribution in [0.3, 0.4) is 0 Å². The number of hydrogen-bond acceptors (Lipinski definition) is 4. The van der Waals surface area contributed by atoms with Crippen LogP contribution in [-0.4, -0.2) is 21.3 Å². The van der Waals surface area contributed by atoms with Crippen LogP contribution in [0.5, 0.6) is 0 Å². The second kappa shape index (κ2) is 4.76. The van der Waals surface area contributed by atoms with Gasteiger partial charge in [-0.15, -0.1) is 0 Å². The van der Waals surface area contributed by atoms with E-state index in [1.54, 1.807) is 23.7 Å². The molecule has 0 amide bonds. The molecule has 0 bridgehead atoms. The number of aromatic nitrogens is 3. The molecule has 4 rings (SSSR count). The van der Waals surface area contributed by atoms with E-state index in [4.69, 9.17) is 5.10 Å². The Kier molecular flexibility index (Phi) is 2.77. The molecule has 3 aromatic rings. The van der Waals surface area contributed by atoms with Crippen molar-refractivity contribution in [1.82, 2.24) is 14.8 Å². The van der Waals surface area contributed by atoms with E-state index in [1.807, 2.05) is 12.1 Å². The Balaban J connectivity index is 1.78. The Hall–Kier alpha value is -2.14. The molecule has 0 radical (unpaired) electrons. The summed E-state index contributed by atoms with van der Waals surface area (Å²) in [6.45, 7) is 0.988. The Bertz CT molecular complexity index is 703. The summed E-state index contributed by atoms with van der Waals surface area (Å²) >= 11 is 1.74. The normalized spacial score (nSPS) is 17.5. The molecule has 0 fully saturated rings. The van der Waals surface area contributed by atoms with Crippen LogP contribution in [0.4, 0.5) is 5.82 Å². The van der Waals surface area contributed by atoms with Gasteiger partial charge in [0.15, 0.2) is 0 Å². The Labute approximate surface area is 121 Å². The molecule has 1 atom stereocenters. The van der Waals surface area contributed by atoms with Crippen LogP contribution in [-0.2, 0) is 0 Å². The minimum Gasteiger partial charge on any atom is -0.370 e. The molecule has 0 saturated heterocycles. The van der Waals surface area contributed by atoms with E-state index in [1.165, 1.54) is 5.56 Å². The molecule has 4 heterocycles. The molecule has 20 heavy (non-hydrogen) atoms. The maximum absolute atomic E-state index is 4.79. The second-order valence-electron chi connectivity index (χ2n) is 4.88. The van der Waals surface area contributed by atoms with Crippen LogP contribution in [0, 0.1) is 0 Å². The van der Waals surface area contributed by atoms with E-state index in [0.29, 0.717) is 6.04 Å². The number of fused-ring (bicyclic) bond motifs is 1. The number of hydrogen-bond donors (Lipinski definition) is 1. The van der Waals surface area contributed by atoms with Gasteiger partial charge in [0, 0.05) is 30.6 Å². The standard InChI is InChI=1S/C15H14N4S/c1-5-16-6-2-11(1)13-9-15-17-7-3-14(19(15)18-13)12-4-8-20-10-12/h1-2,4-6,8-10,14,17H,3,7H2. The number of anilines is 1. The van der Waals surface area contributed by atoms with Gasteiger partial charge >= 0.3 is 0 Å². The van der Waals surface area contributed by atoms with E-state index >= 15 is 0 Å². The van der Waals surface area contributed by atoms with Gasteiger partial charge in [0.05, 0.1) is 11.7 Å². The molecule has 1 aliphatic heterocycles. The molecule has 1 aliphatic rings. The Morgan fingerprint density at radius 3 is 2.95 bits per heavy atom. The molecule has 0 aromatic carbocycles. The minimum absolute atomic E-state index is 0.341. The van der Waals surface area contributed by atoms with Crippen LogP contribution < -0.4 is 5.32 Å². The third-order valence-electron chi connectivity index (χ3n) is 3.66. The number of rotatable bonds is 2. The van der Waals surface area contributed by atoms with E-state index in [2.05, 4.69) is 37.9 Å². The van der Waals surface area contributed by atoms with Gasteiger partial charge in [-0.25, -0.2) is 4.68 Å². The summed E-state index contributed by atoms with van der Waals surface area (Å²) < 4.78 is 2.11. The summed E-state index contributed by atoms with van der Waals surface area (Å²) in [4.78, 5) is 4.06. The zero-order chi connectivity index (χ0) is 13.4. The van der Waals surface area contributed by atoms with Gasteiger partial charge in [-0.05, 0) is 40.9 Å². The fraction of sp³-hybridized carbons (Fsp3) is 0.200. The topological polar surface area (TPSA) is 42.7 Å². The summed E-state index contributed by atoms with van der Waals surface area (Å²) in [5, 5.41) is 12.6. The van der Waals surface area contributed by atoms with Crippen molar-refractivity contribution in [2.24, 2.45) is 0 Å². The highest BCUT2D eigenvalue weighted by Gasteiger charge is 2.23. The summed E-state index contributed by atoms with van der Waals surface area (Å²) in [7, 11) is 0. The van der Waals surface area contributed by atoms with E-state index in [9.17, 15) is 0 Å². The van der Waals surface area contributed by atoms with Crippen molar-refractivity contribution in [3.05, 3.63) is 53.0 Å². The molecular weight excluding hydrogens is 268 g/mol. The lowest BCUT2D eigenvalue weighted by atomic mass is 10.1. The summed E-state index contributed by atoms with van der Waals surface area (Å²) in [5.74, 6) is 1.10. The van der Waals surface area contributed by atoms with Crippen molar-refractivity contribution in [3.8, 4) is 11.3 Å².